The molecule has 0 spiro atoms. The van der Waals surface area contributed by atoms with Gasteiger partial charge in [0, 0.05) is 18.7 Å². The van der Waals surface area contributed by atoms with Crippen LogP contribution in [0.1, 0.15) is 41.6 Å². The standard InChI is InChI=1S/C26H32N2O4/c1-6-15-32-20-11-12-21(18(3)16-20)24(29)22-23(19-9-7-17(2)8-10-19)28(14-13-27(4)5)26(31)25(22)30/h7-12,16,23,29H,6,13-15H2,1-5H3/t23-/m1/s1. The lowest BCUT2D eigenvalue weighted by Crippen LogP contribution is -2.35. The van der Waals surface area contributed by atoms with Gasteiger partial charge in [-0.15, -0.1) is 0 Å². The number of ketones is 1. The third-order valence-corrected chi connectivity index (χ3v) is 5.65. The van der Waals surface area contributed by atoms with Crippen LogP contribution in [0.5, 0.6) is 5.75 Å². The van der Waals surface area contributed by atoms with Crippen LogP contribution < -0.4 is 4.74 Å². The van der Waals surface area contributed by atoms with Crippen molar-refractivity contribution in [3.8, 4) is 5.75 Å². The van der Waals surface area contributed by atoms with Gasteiger partial charge in [-0.05, 0) is 63.7 Å². The van der Waals surface area contributed by atoms with Gasteiger partial charge in [0.15, 0.2) is 0 Å². The Hall–Kier alpha value is -3.12. The Bertz CT molecular complexity index is 1020. The molecule has 1 fully saturated rings. The molecule has 2 aromatic rings. The minimum absolute atomic E-state index is 0.128. The first-order valence-electron chi connectivity index (χ1n) is 11.0. The number of rotatable bonds is 8. The van der Waals surface area contributed by atoms with Crippen molar-refractivity contribution < 1.29 is 19.4 Å². The van der Waals surface area contributed by atoms with Crippen LogP contribution in [0, 0.1) is 13.8 Å². The van der Waals surface area contributed by atoms with Gasteiger partial charge in [0.2, 0.25) is 0 Å². The summed E-state index contributed by atoms with van der Waals surface area (Å²) < 4.78 is 5.68. The van der Waals surface area contributed by atoms with E-state index in [0.717, 1.165) is 23.1 Å². The largest absolute Gasteiger partial charge is 0.507 e. The van der Waals surface area contributed by atoms with Gasteiger partial charge in [-0.2, -0.15) is 0 Å². The highest BCUT2D eigenvalue weighted by molar-refractivity contribution is 6.46. The molecule has 0 saturated carbocycles. The molecule has 170 valence electrons. The number of benzene rings is 2. The number of Topliss-reactive ketones (excluding diaryl/α,β-unsaturated/α-hetero) is 1. The van der Waals surface area contributed by atoms with Crippen molar-refractivity contribution in [3.05, 3.63) is 70.3 Å². The Balaban J connectivity index is 2.10. The summed E-state index contributed by atoms with van der Waals surface area (Å²) in [5, 5.41) is 11.3. The van der Waals surface area contributed by atoms with Crippen LogP contribution in [0.25, 0.3) is 5.76 Å². The molecule has 1 amide bonds. The van der Waals surface area contributed by atoms with Gasteiger partial charge in [-0.25, -0.2) is 0 Å². The van der Waals surface area contributed by atoms with Crippen LogP contribution in [0.2, 0.25) is 0 Å². The lowest BCUT2D eigenvalue weighted by atomic mass is 9.93. The van der Waals surface area contributed by atoms with Crippen LogP contribution in [0.4, 0.5) is 0 Å². The zero-order chi connectivity index (χ0) is 23.4. The predicted molar refractivity (Wildman–Crippen MR) is 126 cm³/mol. The monoisotopic (exact) mass is 436 g/mol. The maximum Gasteiger partial charge on any atom is 0.295 e. The normalized spacial score (nSPS) is 17.9. The summed E-state index contributed by atoms with van der Waals surface area (Å²) in [5.74, 6) is -0.680. The highest BCUT2D eigenvalue weighted by Gasteiger charge is 2.46. The van der Waals surface area contributed by atoms with E-state index in [-0.39, 0.29) is 11.3 Å². The maximum atomic E-state index is 13.1. The molecule has 0 aromatic heterocycles. The molecule has 0 aliphatic carbocycles. The quantitative estimate of drug-likeness (QED) is 0.384. The van der Waals surface area contributed by atoms with Crippen molar-refractivity contribution in [3.63, 3.8) is 0 Å². The predicted octanol–water partition coefficient (Wildman–Crippen LogP) is 4.08. The molecule has 1 aliphatic heterocycles. The fraction of sp³-hybridized carbons (Fsp3) is 0.385. The van der Waals surface area contributed by atoms with Crippen LogP contribution in [0.15, 0.2) is 48.0 Å². The van der Waals surface area contributed by atoms with E-state index in [9.17, 15) is 14.7 Å². The average Bonchev–Trinajstić information content (AvgIpc) is 3.01. The number of carbonyl (C=O) groups is 2. The molecule has 32 heavy (non-hydrogen) atoms. The highest BCUT2D eigenvalue weighted by atomic mass is 16.5. The van der Waals surface area contributed by atoms with Crippen LogP contribution in [0.3, 0.4) is 0 Å². The molecule has 1 aliphatic rings. The third-order valence-electron chi connectivity index (χ3n) is 5.65. The number of aryl methyl sites for hydroxylation is 2. The number of amides is 1. The molecule has 0 bridgehead atoms. The Morgan fingerprint density at radius 3 is 2.38 bits per heavy atom. The van der Waals surface area contributed by atoms with Crippen molar-refractivity contribution in [2.24, 2.45) is 0 Å². The Morgan fingerprint density at radius 2 is 1.78 bits per heavy atom. The van der Waals surface area contributed by atoms with E-state index in [1.54, 1.807) is 17.0 Å². The summed E-state index contributed by atoms with van der Waals surface area (Å²) in [7, 11) is 3.84. The minimum atomic E-state index is -0.655. The second-order valence-corrected chi connectivity index (χ2v) is 8.53. The first kappa shape index (κ1) is 23.5. The molecule has 0 radical (unpaired) electrons. The number of hydrogen-bond acceptors (Lipinski definition) is 5. The van der Waals surface area contributed by atoms with Crippen LogP contribution in [-0.4, -0.2) is 60.4 Å². The number of aliphatic hydroxyl groups excluding tert-OH is 1. The molecule has 6 heteroatoms. The average molecular weight is 437 g/mol. The number of likely N-dealkylation sites (tertiary alicyclic amines) is 1. The number of ether oxygens (including phenoxy) is 1. The van der Waals surface area contributed by atoms with E-state index in [0.29, 0.717) is 31.0 Å². The summed E-state index contributed by atoms with van der Waals surface area (Å²) in [5.41, 5.74) is 3.31. The molecule has 1 N–H and O–H groups in total. The second kappa shape index (κ2) is 10.0. The van der Waals surface area contributed by atoms with Gasteiger partial charge >= 0.3 is 0 Å². The Labute approximate surface area is 190 Å². The van der Waals surface area contributed by atoms with Gasteiger partial charge in [-0.3, -0.25) is 9.59 Å². The van der Waals surface area contributed by atoms with Crippen molar-refractivity contribution in [2.75, 3.05) is 33.8 Å². The first-order chi connectivity index (χ1) is 15.2. The Kier molecular flexibility index (Phi) is 7.36. The van der Waals surface area contributed by atoms with E-state index in [2.05, 4.69) is 0 Å². The van der Waals surface area contributed by atoms with Crippen molar-refractivity contribution in [1.29, 1.82) is 0 Å². The van der Waals surface area contributed by atoms with Crippen LogP contribution in [-0.2, 0) is 9.59 Å². The highest BCUT2D eigenvalue weighted by Crippen LogP contribution is 2.40. The van der Waals surface area contributed by atoms with Gasteiger partial charge in [0.05, 0.1) is 18.2 Å². The summed E-state index contributed by atoms with van der Waals surface area (Å²) in [6, 6.07) is 12.5. The van der Waals surface area contributed by atoms with Gasteiger partial charge in [-0.1, -0.05) is 36.8 Å². The smallest absolute Gasteiger partial charge is 0.295 e. The number of nitrogens with zero attached hydrogens (tertiary/aromatic N) is 2. The first-order valence-corrected chi connectivity index (χ1v) is 11.0. The summed E-state index contributed by atoms with van der Waals surface area (Å²) in [4.78, 5) is 29.6. The van der Waals surface area contributed by atoms with Crippen molar-refractivity contribution in [1.82, 2.24) is 9.80 Å². The number of hydrogen-bond donors (Lipinski definition) is 1. The molecule has 2 aromatic carbocycles. The lowest BCUT2D eigenvalue weighted by Gasteiger charge is -2.26. The fourth-order valence-corrected chi connectivity index (χ4v) is 3.87. The maximum absolute atomic E-state index is 13.1. The van der Waals surface area contributed by atoms with E-state index >= 15 is 0 Å². The SMILES string of the molecule is CCCOc1ccc(C(O)=C2C(=O)C(=O)N(CCN(C)C)[C@@H]2c2ccc(C)cc2)c(C)c1. The van der Waals surface area contributed by atoms with Crippen molar-refractivity contribution in [2.45, 2.75) is 33.2 Å². The summed E-state index contributed by atoms with van der Waals surface area (Å²) in [6.07, 6.45) is 0.897. The van der Waals surface area contributed by atoms with Gasteiger partial charge in [0.1, 0.15) is 11.5 Å². The lowest BCUT2D eigenvalue weighted by molar-refractivity contribution is -0.140. The van der Waals surface area contributed by atoms with Gasteiger partial charge < -0.3 is 19.6 Å². The zero-order valence-corrected chi connectivity index (χ0v) is 19.5. The topological polar surface area (TPSA) is 70.1 Å². The third kappa shape index (κ3) is 4.86. The molecule has 1 heterocycles. The minimum Gasteiger partial charge on any atom is -0.507 e. The molecule has 1 atom stereocenters. The number of carbonyl (C=O) groups excluding carboxylic acids is 2. The van der Waals surface area contributed by atoms with E-state index < -0.39 is 17.7 Å². The molecule has 0 unspecified atom stereocenters. The number of aliphatic hydroxyl groups is 1. The van der Waals surface area contributed by atoms with E-state index in [4.69, 9.17) is 4.74 Å². The molecule has 1 saturated heterocycles. The molecule has 3 rings (SSSR count). The number of likely N-dealkylation sites (N-methyl/N-ethyl adjacent to an activating group) is 1. The van der Waals surface area contributed by atoms with Gasteiger partial charge in [0.25, 0.3) is 11.7 Å². The molecule has 6 nitrogen and oxygen atoms in total. The fourth-order valence-electron chi connectivity index (χ4n) is 3.87. The second-order valence-electron chi connectivity index (χ2n) is 8.53. The molecular weight excluding hydrogens is 404 g/mol. The zero-order valence-electron chi connectivity index (χ0n) is 19.5. The molecular formula is C26H32N2O4. The van der Waals surface area contributed by atoms with E-state index in [1.807, 2.05) is 70.1 Å². The van der Waals surface area contributed by atoms with Crippen molar-refractivity contribution >= 4 is 17.4 Å². The van der Waals surface area contributed by atoms with Crippen LogP contribution >= 0.6 is 0 Å². The summed E-state index contributed by atoms with van der Waals surface area (Å²) >= 11 is 0. The Morgan fingerprint density at radius 1 is 1.09 bits per heavy atom. The summed E-state index contributed by atoms with van der Waals surface area (Å²) in [6.45, 7) is 7.48. The van der Waals surface area contributed by atoms with E-state index in [1.165, 1.54) is 0 Å².